The SMILES string of the molecule is CC(C)c1nc(-c2ccc(F)c(F)c2)[nH]c(=O)c1Br. The molecule has 0 aliphatic heterocycles. The number of H-pyrrole nitrogens is 1. The lowest BCUT2D eigenvalue weighted by Gasteiger charge is -2.09. The molecule has 0 radical (unpaired) electrons. The zero-order chi connectivity index (χ0) is 14.2. The monoisotopic (exact) mass is 328 g/mol. The Kier molecular flexibility index (Phi) is 3.80. The van der Waals surface area contributed by atoms with Crippen LogP contribution in [0.2, 0.25) is 0 Å². The summed E-state index contributed by atoms with van der Waals surface area (Å²) in [6, 6.07) is 3.38. The molecule has 0 atom stereocenters. The predicted molar refractivity (Wildman–Crippen MR) is 72.0 cm³/mol. The molecule has 19 heavy (non-hydrogen) atoms. The quantitative estimate of drug-likeness (QED) is 0.915. The highest BCUT2D eigenvalue weighted by Gasteiger charge is 2.14. The van der Waals surface area contributed by atoms with E-state index in [1.807, 2.05) is 13.8 Å². The molecule has 0 saturated carbocycles. The van der Waals surface area contributed by atoms with Crippen LogP contribution in [0.1, 0.15) is 25.5 Å². The number of nitrogens with one attached hydrogen (secondary N) is 1. The fourth-order valence-electron chi connectivity index (χ4n) is 1.64. The van der Waals surface area contributed by atoms with E-state index in [2.05, 4.69) is 25.9 Å². The van der Waals surface area contributed by atoms with Crippen molar-refractivity contribution in [3.05, 3.63) is 50.4 Å². The lowest BCUT2D eigenvalue weighted by Crippen LogP contribution is -2.14. The van der Waals surface area contributed by atoms with Gasteiger partial charge in [-0.2, -0.15) is 0 Å². The number of hydrogen-bond acceptors (Lipinski definition) is 2. The van der Waals surface area contributed by atoms with Crippen LogP contribution in [0.4, 0.5) is 8.78 Å². The Balaban J connectivity index is 2.63. The highest BCUT2D eigenvalue weighted by atomic mass is 79.9. The molecule has 0 saturated heterocycles. The number of benzene rings is 1. The van der Waals surface area contributed by atoms with Crippen LogP contribution < -0.4 is 5.56 Å². The van der Waals surface area contributed by atoms with Gasteiger partial charge in [-0.25, -0.2) is 13.8 Å². The first-order chi connectivity index (χ1) is 8.90. The van der Waals surface area contributed by atoms with Crippen molar-refractivity contribution in [3.8, 4) is 11.4 Å². The highest BCUT2D eigenvalue weighted by Crippen LogP contribution is 2.23. The van der Waals surface area contributed by atoms with Crippen molar-refractivity contribution in [2.75, 3.05) is 0 Å². The van der Waals surface area contributed by atoms with Crippen LogP contribution in [0.15, 0.2) is 27.5 Å². The van der Waals surface area contributed by atoms with Gasteiger partial charge in [0.1, 0.15) is 10.3 Å². The van der Waals surface area contributed by atoms with Gasteiger partial charge < -0.3 is 4.98 Å². The lowest BCUT2D eigenvalue weighted by molar-refractivity contribution is 0.509. The zero-order valence-electron chi connectivity index (χ0n) is 10.3. The molecule has 0 aliphatic carbocycles. The maximum atomic E-state index is 13.2. The molecule has 0 amide bonds. The Morgan fingerprint density at radius 3 is 2.53 bits per heavy atom. The molecule has 2 aromatic rings. The molecule has 0 fully saturated rings. The average molecular weight is 329 g/mol. The third kappa shape index (κ3) is 2.73. The summed E-state index contributed by atoms with van der Waals surface area (Å²) in [6.07, 6.45) is 0. The average Bonchev–Trinajstić information content (AvgIpc) is 2.35. The molecule has 1 heterocycles. The first-order valence-corrected chi connectivity index (χ1v) is 6.44. The molecular formula is C13H11BrF2N2O. The molecule has 1 N–H and O–H groups in total. The van der Waals surface area contributed by atoms with Gasteiger partial charge in [-0.05, 0) is 40.0 Å². The normalized spacial score (nSPS) is 11.1. The Morgan fingerprint density at radius 2 is 1.95 bits per heavy atom. The minimum atomic E-state index is -0.978. The lowest BCUT2D eigenvalue weighted by atomic mass is 10.1. The van der Waals surface area contributed by atoms with E-state index in [0.29, 0.717) is 15.7 Å². The number of hydrogen-bond donors (Lipinski definition) is 1. The van der Waals surface area contributed by atoms with E-state index in [9.17, 15) is 13.6 Å². The van der Waals surface area contributed by atoms with Crippen molar-refractivity contribution in [2.45, 2.75) is 19.8 Å². The largest absolute Gasteiger partial charge is 0.306 e. The van der Waals surface area contributed by atoms with E-state index in [1.54, 1.807) is 0 Å². The van der Waals surface area contributed by atoms with Gasteiger partial charge in [-0.15, -0.1) is 0 Å². The minimum Gasteiger partial charge on any atom is -0.306 e. The third-order valence-electron chi connectivity index (χ3n) is 2.63. The Hall–Kier alpha value is -1.56. The van der Waals surface area contributed by atoms with E-state index >= 15 is 0 Å². The second-order valence-corrected chi connectivity index (χ2v) is 5.19. The van der Waals surface area contributed by atoms with Gasteiger partial charge in [-0.1, -0.05) is 13.8 Å². The van der Waals surface area contributed by atoms with Crippen LogP contribution >= 0.6 is 15.9 Å². The summed E-state index contributed by atoms with van der Waals surface area (Å²) in [7, 11) is 0. The van der Waals surface area contributed by atoms with Gasteiger partial charge in [0.05, 0.1) is 5.69 Å². The van der Waals surface area contributed by atoms with Gasteiger partial charge in [0, 0.05) is 5.56 Å². The number of nitrogens with zero attached hydrogens (tertiary/aromatic N) is 1. The van der Waals surface area contributed by atoms with Gasteiger partial charge in [0.15, 0.2) is 11.6 Å². The fraction of sp³-hybridized carbons (Fsp3) is 0.231. The van der Waals surface area contributed by atoms with Crippen molar-refractivity contribution < 1.29 is 8.78 Å². The van der Waals surface area contributed by atoms with Gasteiger partial charge in [-0.3, -0.25) is 4.79 Å². The van der Waals surface area contributed by atoms with Gasteiger partial charge in [0.2, 0.25) is 0 Å². The minimum absolute atomic E-state index is 0.0284. The van der Waals surface area contributed by atoms with Crippen molar-refractivity contribution in [2.24, 2.45) is 0 Å². The number of halogens is 3. The molecule has 0 spiro atoms. The summed E-state index contributed by atoms with van der Waals surface area (Å²) >= 11 is 3.17. The van der Waals surface area contributed by atoms with Crippen LogP contribution in [-0.4, -0.2) is 9.97 Å². The number of aromatic amines is 1. The standard InChI is InChI=1S/C13H11BrF2N2O/c1-6(2)11-10(14)13(19)18-12(17-11)7-3-4-8(15)9(16)5-7/h3-6H,1-2H3,(H,17,18,19). The Labute approximate surface area is 116 Å². The molecular weight excluding hydrogens is 318 g/mol. The summed E-state index contributed by atoms with van der Waals surface area (Å²) < 4.78 is 26.4. The van der Waals surface area contributed by atoms with Crippen molar-refractivity contribution in [3.63, 3.8) is 0 Å². The van der Waals surface area contributed by atoms with Gasteiger partial charge in [0.25, 0.3) is 5.56 Å². The maximum absolute atomic E-state index is 13.2. The van der Waals surface area contributed by atoms with Crippen LogP contribution in [0.5, 0.6) is 0 Å². The van der Waals surface area contributed by atoms with E-state index in [0.717, 1.165) is 12.1 Å². The molecule has 6 heteroatoms. The zero-order valence-corrected chi connectivity index (χ0v) is 11.9. The van der Waals surface area contributed by atoms with Crippen LogP contribution in [0.25, 0.3) is 11.4 Å². The molecule has 3 nitrogen and oxygen atoms in total. The fourth-order valence-corrected chi connectivity index (χ4v) is 2.28. The topological polar surface area (TPSA) is 45.8 Å². The van der Waals surface area contributed by atoms with Gasteiger partial charge >= 0.3 is 0 Å². The van der Waals surface area contributed by atoms with Crippen molar-refractivity contribution in [1.29, 1.82) is 0 Å². The second kappa shape index (κ2) is 5.21. The van der Waals surface area contributed by atoms with E-state index in [1.165, 1.54) is 6.07 Å². The summed E-state index contributed by atoms with van der Waals surface area (Å²) in [5.41, 5.74) is 0.548. The van der Waals surface area contributed by atoms with E-state index < -0.39 is 11.6 Å². The molecule has 100 valence electrons. The molecule has 0 bridgehead atoms. The predicted octanol–water partition coefficient (Wildman–Crippen LogP) is 3.60. The smallest absolute Gasteiger partial charge is 0.265 e. The summed E-state index contributed by atoms with van der Waals surface area (Å²) in [6.45, 7) is 3.78. The van der Waals surface area contributed by atoms with Crippen LogP contribution in [0.3, 0.4) is 0 Å². The summed E-state index contributed by atoms with van der Waals surface area (Å²) in [5.74, 6) is -1.67. The molecule has 0 aliphatic rings. The maximum Gasteiger partial charge on any atom is 0.265 e. The van der Waals surface area contributed by atoms with Crippen LogP contribution in [-0.2, 0) is 0 Å². The van der Waals surface area contributed by atoms with E-state index in [4.69, 9.17) is 0 Å². The Morgan fingerprint density at radius 1 is 1.26 bits per heavy atom. The van der Waals surface area contributed by atoms with Crippen molar-refractivity contribution >= 4 is 15.9 Å². The first-order valence-electron chi connectivity index (χ1n) is 5.65. The first kappa shape index (κ1) is 13.9. The molecule has 1 aromatic heterocycles. The highest BCUT2D eigenvalue weighted by molar-refractivity contribution is 9.10. The summed E-state index contributed by atoms with van der Waals surface area (Å²) in [4.78, 5) is 18.6. The molecule has 1 aromatic carbocycles. The molecule has 0 unspecified atom stereocenters. The Bertz CT molecular complexity index is 683. The van der Waals surface area contributed by atoms with Crippen LogP contribution in [0, 0.1) is 11.6 Å². The second-order valence-electron chi connectivity index (χ2n) is 4.40. The number of aromatic nitrogens is 2. The molecule has 2 rings (SSSR count). The number of rotatable bonds is 2. The third-order valence-corrected chi connectivity index (χ3v) is 3.39. The van der Waals surface area contributed by atoms with Crippen molar-refractivity contribution in [1.82, 2.24) is 9.97 Å². The summed E-state index contributed by atoms with van der Waals surface area (Å²) in [5, 5.41) is 0. The van der Waals surface area contributed by atoms with E-state index in [-0.39, 0.29) is 17.3 Å².